The number of hydrogen-bond acceptors (Lipinski definition) is 3. The highest BCUT2D eigenvalue weighted by atomic mass is 19.4. The molecule has 116 valence electrons. The summed E-state index contributed by atoms with van der Waals surface area (Å²) in [6, 6.07) is 2.58. The van der Waals surface area contributed by atoms with Crippen molar-refractivity contribution in [3.8, 4) is 0 Å². The first-order chi connectivity index (χ1) is 9.88. The van der Waals surface area contributed by atoms with Gasteiger partial charge in [0.2, 0.25) is 0 Å². The van der Waals surface area contributed by atoms with Crippen LogP contribution in [0.4, 0.5) is 24.5 Å². The highest BCUT2D eigenvalue weighted by Gasteiger charge is 2.33. The van der Waals surface area contributed by atoms with E-state index in [0.29, 0.717) is 18.5 Å². The number of nitrogens with zero attached hydrogens (tertiary/aromatic N) is 1. The van der Waals surface area contributed by atoms with Crippen LogP contribution in [0.15, 0.2) is 18.2 Å². The molecule has 21 heavy (non-hydrogen) atoms. The highest BCUT2D eigenvalue weighted by molar-refractivity contribution is 5.62. The first-order valence-corrected chi connectivity index (χ1v) is 6.97. The Balaban J connectivity index is 2.05. The standard InChI is InChI=1S/C14H17F3N2O2/c15-14(16,17)11-5-6-12(13(9-11)19(20)21)18-8-7-10-3-1-2-4-10/h5-6,9-10,18H,1-4,7-8H2. The van der Waals surface area contributed by atoms with E-state index >= 15 is 0 Å². The van der Waals surface area contributed by atoms with Gasteiger partial charge < -0.3 is 5.32 Å². The SMILES string of the molecule is O=[N+]([O-])c1cc(C(F)(F)F)ccc1NCCC1CCCC1. The van der Waals surface area contributed by atoms with E-state index in [-0.39, 0.29) is 5.69 Å². The van der Waals surface area contributed by atoms with Crippen LogP contribution < -0.4 is 5.32 Å². The Morgan fingerprint density at radius 2 is 1.95 bits per heavy atom. The van der Waals surface area contributed by atoms with Crippen molar-refractivity contribution in [2.24, 2.45) is 5.92 Å². The maximum atomic E-state index is 12.6. The summed E-state index contributed by atoms with van der Waals surface area (Å²) >= 11 is 0. The van der Waals surface area contributed by atoms with Gasteiger partial charge in [-0.05, 0) is 24.5 Å². The van der Waals surface area contributed by atoms with Crippen molar-refractivity contribution in [3.05, 3.63) is 33.9 Å². The van der Waals surface area contributed by atoms with E-state index in [9.17, 15) is 23.3 Å². The maximum Gasteiger partial charge on any atom is 0.416 e. The van der Waals surface area contributed by atoms with Crippen molar-refractivity contribution in [3.63, 3.8) is 0 Å². The molecule has 1 saturated carbocycles. The minimum Gasteiger partial charge on any atom is -0.379 e. The highest BCUT2D eigenvalue weighted by Crippen LogP contribution is 2.35. The van der Waals surface area contributed by atoms with Crippen molar-refractivity contribution in [2.45, 2.75) is 38.3 Å². The molecule has 1 N–H and O–H groups in total. The van der Waals surface area contributed by atoms with Crippen LogP contribution in [-0.2, 0) is 6.18 Å². The van der Waals surface area contributed by atoms with Gasteiger partial charge in [-0.25, -0.2) is 0 Å². The van der Waals surface area contributed by atoms with Gasteiger partial charge in [0, 0.05) is 12.6 Å². The summed E-state index contributed by atoms with van der Waals surface area (Å²) in [5, 5.41) is 13.8. The number of rotatable bonds is 5. The van der Waals surface area contributed by atoms with Gasteiger partial charge in [-0.3, -0.25) is 10.1 Å². The van der Waals surface area contributed by atoms with Gasteiger partial charge in [-0.1, -0.05) is 25.7 Å². The van der Waals surface area contributed by atoms with Crippen molar-refractivity contribution in [1.82, 2.24) is 0 Å². The molecular weight excluding hydrogens is 285 g/mol. The Morgan fingerprint density at radius 1 is 1.29 bits per heavy atom. The lowest BCUT2D eigenvalue weighted by atomic mass is 10.0. The van der Waals surface area contributed by atoms with Gasteiger partial charge in [-0.15, -0.1) is 0 Å². The lowest BCUT2D eigenvalue weighted by Crippen LogP contribution is -2.10. The zero-order chi connectivity index (χ0) is 15.5. The molecule has 1 aliphatic carbocycles. The number of nitro groups is 1. The number of halogens is 3. The quantitative estimate of drug-likeness (QED) is 0.638. The third-order valence-corrected chi connectivity index (χ3v) is 3.86. The molecule has 4 nitrogen and oxygen atoms in total. The van der Waals surface area contributed by atoms with Gasteiger partial charge >= 0.3 is 6.18 Å². The lowest BCUT2D eigenvalue weighted by Gasteiger charge is -2.12. The third-order valence-electron chi connectivity index (χ3n) is 3.86. The molecule has 2 rings (SSSR count). The summed E-state index contributed by atoms with van der Waals surface area (Å²) in [7, 11) is 0. The smallest absolute Gasteiger partial charge is 0.379 e. The van der Waals surface area contributed by atoms with Crippen LogP contribution in [0.3, 0.4) is 0 Å². The molecule has 0 spiro atoms. The van der Waals surface area contributed by atoms with E-state index in [4.69, 9.17) is 0 Å². The second-order valence-electron chi connectivity index (χ2n) is 5.35. The van der Waals surface area contributed by atoms with Crippen molar-refractivity contribution >= 4 is 11.4 Å². The monoisotopic (exact) mass is 302 g/mol. The number of nitrogens with one attached hydrogen (secondary N) is 1. The Labute approximate surface area is 120 Å². The number of anilines is 1. The van der Waals surface area contributed by atoms with E-state index in [1.165, 1.54) is 12.8 Å². The molecule has 0 heterocycles. The molecule has 0 amide bonds. The average molecular weight is 302 g/mol. The summed E-state index contributed by atoms with van der Waals surface area (Å²) < 4.78 is 37.7. The molecule has 0 aromatic heterocycles. The second kappa shape index (κ2) is 6.32. The number of hydrogen-bond donors (Lipinski definition) is 1. The van der Waals surface area contributed by atoms with E-state index in [1.54, 1.807) is 0 Å². The minimum absolute atomic E-state index is 0.144. The molecule has 0 unspecified atom stereocenters. The van der Waals surface area contributed by atoms with Gasteiger partial charge in [0.15, 0.2) is 0 Å². The van der Waals surface area contributed by atoms with Gasteiger partial charge in [0.25, 0.3) is 5.69 Å². The fraction of sp³-hybridized carbons (Fsp3) is 0.571. The summed E-state index contributed by atoms with van der Waals surface area (Å²) in [5.74, 6) is 0.617. The zero-order valence-electron chi connectivity index (χ0n) is 11.4. The van der Waals surface area contributed by atoms with Crippen LogP contribution in [0.25, 0.3) is 0 Å². The van der Waals surface area contributed by atoms with Crippen molar-refractivity contribution in [1.29, 1.82) is 0 Å². The summed E-state index contributed by atoms with van der Waals surface area (Å²) in [6.07, 6.45) is 1.06. The zero-order valence-corrected chi connectivity index (χ0v) is 11.4. The second-order valence-corrected chi connectivity index (χ2v) is 5.35. The van der Waals surface area contributed by atoms with Crippen molar-refractivity contribution < 1.29 is 18.1 Å². The lowest BCUT2D eigenvalue weighted by molar-refractivity contribution is -0.384. The first-order valence-electron chi connectivity index (χ1n) is 6.97. The van der Waals surface area contributed by atoms with Gasteiger partial charge in [0.05, 0.1) is 10.5 Å². The molecule has 1 aromatic rings. The third kappa shape index (κ3) is 4.09. The van der Waals surface area contributed by atoms with Gasteiger partial charge in [-0.2, -0.15) is 13.2 Å². The number of benzene rings is 1. The molecule has 7 heteroatoms. The summed E-state index contributed by atoms with van der Waals surface area (Å²) in [4.78, 5) is 10.1. The number of alkyl halides is 3. The fourth-order valence-electron chi connectivity index (χ4n) is 2.72. The molecule has 0 atom stereocenters. The van der Waals surface area contributed by atoms with E-state index in [1.807, 2.05) is 0 Å². The minimum atomic E-state index is -4.58. The first kappa shape index (κ1) is 15.6. The average Bonchev–Trinajstić information content (AvgIpc) is 2.90. The Hall–Kier alpha value is -1.79. The van der Waals surface area contributed by atoms with Crippen LogP contribution in [0, 0.1) is 16.0 Å². The van der Waals surface area contributed by atoms with Crippen LogP contribution >= 0.6 is 0 Å². The van der Waals surface area contributed by atoms with Crippen LogP contribution in [0.2, 0.25) is 0 Å². The molecule has 0 aliphatic heterocycles. The molecule has 0 radical (unpaired) electrons. The van der Waals surface area contributed by atoms with Crippen LogP contribution in [0.1, 0.15) is 37.7 Å². The molecule has 1 aliphatic rings. The Bertz CT molecular complexity index is 511. The fourth-order valence-corrected chi connectivity index (χ4v) is 2.72. The molecule has 0 saturated heterocycles. The number of nitro benzene ring substituents is 1. The van der Waals surface area contributed by atoms with E-state index in [0.717, 1.165) is 31.4 Å². The summed E-state index contributed by atoms with van der Waals surface area (Å²) in [6.45, 7) is 0.539. The van der Waals surface area contributed by atoms with Crippen molar-refractivity contribution in [2.75, 3.05) is 11.9 Å². The molecule has 1 aromatic carbocycles. The summed E-state index contributed by atoms with van der Waals surface area (Å²) in [5.41, 5.74) is -1.39. The van der Waals surface area contributed by atoms with Gasteiger partial charge in [0.1, 0.15) is 5.69 Å². The largest absolute Gasteiger partial charge is 0.416 e. The molecule has 0 bridgehead atoms. The Kier molecular flexibility index (Phi) is 4.69. The predicted octanol–water partition coefficient (Wildman–Crippen LogP) is 4.61. The normalized spacial score (nSPS) is 16.1. The van der Waals surface area contributed by atoms with E-state index < -0.39 is 22.4 Å². The van der Waals surface area contributed by atoms with Crippen LogP contribution in [-0.4, -0.2) is 11.5 Å². The van der Waals surface area contributed by atoms with E-state index in [2.05, 4.69) is 5.32 Å². The molecular formula is C14H17F3N2O2. The predicted molar refractivity (Wildman–Crippen MR) is 73.2 cm³/mol. The Morgan fingerprint density at radius 3 is 2.52 bits per heavy atom. The van der Waals surface area contributed by atoms with Crippen LogP contribution in [0.5, 0.6) is 0 Å². The molecule has 1 fully saturated rings. The maximum absolute atomic E-state index is 12.6. The topological polar surface area (TPSA) is 55.2 Å².